The van der Waals surface area contributed by atoms with Gasteiger partial charge in [0.1, 0.15) is 27.7 Å². The zero-order chi connectivity index (χ0) is 21.9. The number of aromatic nitrogens is 4. The number of rotatable bonds is 6. The minimum Gasteiger partial charge on any atom is -0.495 e. The normalized spacial score (nSPS) is 18.4. The molecule has 0 spiro atoms. The van der Waals surface area contributed by atoms with E-state index >= 15 is 0 Å². The maximum absolute atomic E-state index is 9.69. The fraction of sp³-hybridized carbons (Fsp3) is 0.304. The van der Waals surface area contributed by atoms with E-state index in [1.807, 2.05) is 36.4 Å². The molecular weight excluding hydrogens is 424 g/mol. The third kappa shape index (κ3) is 4.63. The molecule has 4 heterocycles. The molecule has 1 aliphatic carbocycles. The molecule has 0 atom stereocenters. The Labute approximate surface area is 189 Å². The van der Waals surface area contributed by atoms with Gasteiger partial charge in [-0.15, -0.1) is 0 Å². The molecule has 0 saturated heterocycles. The molecule has 0 unspecified atom stereocenters. The summed E-state index contributed by atoms with van der Waals surface area (Å²) in [5.74, 6) is 2.24. The number of fused-ring (bicyclic) bond motifs is 1. The molecule has 0 bridgehead atoms. The second-order valence-corrected chi connectivity index (χ2v) is 8.81. The second kappa shape index (κ2) is 9.05. The van der Waals surface area contributed by atoms with E-state index in [2.05, 4.69) is 25.6 Å². The van der Waals surface area contributed by atoms with Crippen LogP contribution in [0.1, 0.15) is 25.7 Å². The number of thiazole rings is 1. The van der Waals surface area contributed by atoms with Crippen LogP contribution >= 0.6 is 11.3 Å². The Balaban J connectivity index is 1.32. The van der Waals surface area contributed by atoms with Gasteiger partial charge in [0, 0.05) is 17.8 Å². The Bertz CT molecular complexity index is 1220. The summed E-state index contributed by atoms with van der Waals surface area (Å²) in [6, 6.07) is 12.0. The van der Waals surface area contributed by atoms with E-state index in [0.717, 1.165) is 64.1 Å². The molecule has 8 nitrogen and oxygen atoms in total. The zero-order valence-electron chi connectivity index (χ0n) is 17.7. The number of aliphatic hydroxyl groups is 1. The maximum atomic E-state index is 9.69. The van der Waals surface area contributed by atoms with Crippen LogP contribution in [0.4, 0.5) is 16.8 Å². The van der Waals surface area contributed by atoms with Crippen LogP contribution in [0, 0.1) is 0 Å². The van der Waals surface area contributed by atoms with Crippen molar-refractivity contribution in [3.63, 3.8) is 0 Å². The molecule has 1 saturated carbocycles. The summed E-state index contributed by atoms with van der Waals surface area (Å²) in [6.45, 7) is 0. The molecule has 0 amide bonds. The molecule has 0 aromatic carbocycles. The van der Waals surface area contributed by atoms with Crippen LogP contribution in [0.15, 0.2) is 48.8 Å². The number of methoxy groups -OCH3 is 1. The van der Waals surface area contributed by atoms with E-state index in [-0.39, 0.29) is 6.10 Å². The summed E-state index contributed by atoms with van der Waals surface area (Å²) in [6.07, 6.45) is 6.85. The largest absolute Gasteiger partial charge is 0.495 e. The van der Waals surface area contributed by atoms with Crippen LogP contribution in [-0.2, 0) is 0 Å². The number of hydrogen-bond acceptors (Lipinski definition) is 9. The monoisotopic (exact) mass is 448 g/mol. The first-order valence-corrected chi connectivity index (χ1v) is 11.4. The molecular formula is C23H24N6O2S. The molecule has 1 fully saturated rings. The maximum Gasteiger partial charge on any atom is 0.190 e. The van der Waals surface area contributed by atoms with Gasteiger partial charge >= 0.3 is 0 Å². The van der Waals surface area contributed by atoms with Gasteiger partial charge in [-0.25, -0.2) is 15.0 Å². The summed E-state index contributed by atoms with van der Waals surface area (Å²) in [4.78, 5) is 19.1. The third-order valence-electron chi connectivity index (χ3n) is 5.53. The minimum atomic E-state index is -0.164. The van der Waals surface area contributed by atoms with Crippen molar-refractivity contribution < 1.29 is 9.84 Å². The van der Waals surface area contributed by atoms with Gasteiger partial charge in [0.05, 0.1) is 25.1 Å². The van der Waals surface area contributed by atoms with Gasteiger partial charge in [0.15, 0.2) is 5.13 Å². The molecule has 1 aliphatic rings. The molecule has 0 radical (unpaired) electrons. The highest BCUT2D eigenvalue weighted by molar-refractivity contribution is 7.21. The molecule has 5 rings (SSSR count). The van der Waals surface area contributed by atoms with E-state index in [0.29, 0.717) is 11.8 Å². The Morgan fingerprint density at radius 1 is 1.00 bits per heavy atom. The van der Waals surface area contributed by atoms with Crippen LogP contribution in [-0.4, -0.2) is 44.3 Å². The van der Waals surface area contributed by atoms with Crippen LogP contribution in [0.2, 0.25) is 0 Å². The van der Waals surface area contributed by atoms with Gasteiger partial charge in [0.25, 0.3) is 0 Å². The van der Waals surface area contributed by atoms with Crippen molar-refractivity contribution in [2.75, 3.05) is 17.7 Å². The van der Waals surface area contributed by atoms with Crippen LogP contribution in [0.3, 0.4) is 0 Å². The highest BCUT2D eigenvalue weighted by atomic mass is 32.1. The van der Waals surface area contributed by atoms with Crippen molar-refractivity contribution in [3.8, 4) is 17.0 Å². The fourth-order valence-electron chi connectivity index (χ4n) is 3.83. The Hall–Kier alpha value is -3.30. The predicted molar refractivity (Wildman–Crippen MR) is 127 cm³/mol. The van der Waals surface area contributed by atoms with E-state index < -0.39 is 0 Å². The van der Waals surface area contributed by atoms with Crippen molar-refractivity contribution in [2.24, 2.45) is 0 Å². The molecule has 32 heavy (non-hydrogen) atoms. The van der Waals surface area contributed by atoms with Crippen molar-refractivity contribution in [2.45, 2.75) is 37.8 Å². The van der Waals surface area contributed by atoms with Crippen molar-refractivity contribution in [3.05, 3.63) is 48.8 Å². The number of nitrogens with one attached hydrogen (secondary N) is 2. The SMILES string of the molecule is COc1cncc(-c2ccc3nc(Nc4cccc(NC5CCC(O)CC5)n4)sc3n2)c1. The number of ether oxygens (including phenoxy) is 1. The van der Waals surface area contributed by atoms with Gasteiger partial charge in [-0.1, -0.05) is 17.4 Å². The fourth-order valence-corrected chi connectivity index (χ4v) is 4.67. The third-order valence-corrected chi connectivity index (χ3v) is 6.41. The molecule has 3 N–H and O–H groups in total. The van der Waals surface area contributed by atoms with Crippen LogP contribution in [0.25, 0.3) is 21.6 Å². The summed E-state index contributed by atoms with van der Waals surface area (Å²) in [5.41, 5.74) is 2.54. The number of aliphatic hydroxyl groups excluding tert-OH is 1. The topological polar surface area (TPSA) is 105 Å². The summed E-state index contributed by atoms with van der Waals surface area (Å²) < 4.78 is 5.26. The first-order chi connectivity index (χ1) is 15.7. The molecule has 0 aliphatic heterocycles. The summed E-state index contributed by atoms with van der Waals surface area (Å²) in [7, 11) is 1.62. The standard InChI is InChI=1S/C23H24N6O2S/c1-31-17-11-14(12-24-13-17)18-9-10-19-22(26-18)32-23(27-19)29-21-4-2-3-20(28-21)25-15-5-7-16(30)8-6-15/h2-4,9-13,15-16,30H,5-8H2,1H3,(H2,25,27,28,29). The summed E-state index contributed by atoms with van der Waals surface area (Å²) >= 11 is 1.48. The lowest BCUT2D eigenvalue weighted by Gasteiger charge is -2.26. The van der Waals surface area contributed by atoms with E-state index in [1.165, 1.54) is 11.3 Å². The smallest absolute Gasteiger partial charge is 0.190 e. The number of hydrogen-bond donors (Lipinski definition) is 3. The lowest BCUT2D eigenvalue weighted by Crippen LogP contribution is -2.28. The van der Waals surface area contributed by atoms with E-state index in [1.54, 1.807) is 19.5 Å². The van der Waals surface area contributed by atoms with Gasteiger partial charge < -0.3 is 20.5 Å². The average Bonchev–Trinajstić information content (AvgIpc) is 3.22. The Kier molecular flexibility index (Phi) is 5.83. The molecule has 4 aromatic heterocycles. The highest BCUT2D eigenvalue weighted by Crippen LogP contribution is 2.30. The lowest BCUT2D eigenvalue weighted by molar-refractivity contribution is 0.126. The predicted octanol–water partition coefficient (Wildman–Crippen LogP) is 4.62. The van der Waals surface area contributed by atoms with Gasteiger partial charge in [-0.2, -0.15) is 0 Å². The first-order valence-electron chi connectivity index (χ1n) is 10.6. The Morgan fingerprint density at radius 3 is 2.69 bits per heavy atom. The number of nitrogens with zero attached hydrogens (tertiary/aromatic N) is 4. The van der Waals surface area contributed by atoms with Crippen molar-refractivity contribution in [1.82, 2.24) is 19.9 Å². The molecule has 4 aromatic rings. The Morgan fingerprint density at radius 2 is 1.84 bits per heavy atom. The minimum absolute atomic E-state index is 0.164. The molecule has 164 valence electrons. The van der Waals surface area contributed by atoms with Gasteiger partial charge in [-0.05, 0) is 56.0 Å². The van der Waals surface area contributed by atoms with Crippen LogP contribution in [0.5, 0.6) is 5.75 Å². The van der Waals surface area contributed by atoms with Crippen molar-refractivity contribution in [1.29, 1.82) is 0 Å². The molecule has 9 heteroatoms. The van der Waals surface area contributed by atoms with Gasteiger partial charge in [0.2, 0.25) is 0 Å². The number of anilines is 3. The first kappa shape index (κ1) is 20.6. The number of pyridine rings is 3. The highest BCUT2D eigenvalue weighted by Gasteiger charge is 2.19. The zero-order valence-corrected chi connectivity index (χ0v) is 18.5. The van der Waals surface area contributed by atoms with Crippen molar-refractivity contribution >= 4 is 38.5 Å². The lowest BCUT2D eigenvalue weighted by atomic mass is 9.93. The van der Waals surface area contributed by atoms with E-state index in [9.17, 15) is 5.11 Å². The summed E-state index contributed by atoms with van der Waals surface area (Å²) in [5, 5.41) is 17.2. The average molecular weight is 449 g/mol. The van der Waals surface area contributed by atoms with E-state index in [4.69, 9.17) is 9.72 Å². The quantitative estimate of drug-likeness (QED) is 0.393. The van der Waals surface area contributed by atoms with Gasteiger partial charge in [-0.3, -0.25) is 4.98 Å². The second-order valence-electron chi connectivity index (χ2n) is 7.84. The van der Waals surface area contributed by atoms with Crippen LogP contribution < -0.4 is 15.4 Å².